The van der Waals surface area contributed by atoms with E-state index in [0.29, 0.717) is 24.3 Å². The Morgan fingerprint density at radius 1 is 1.07 bits per heavy atom. The lowest BCUT2D eigenvalue weighted by atomic mass is 10.0. The van der Waals surface area contributed by atoms with Crippen LogP contribution in [0, 0.1) is 6.92 Å². The number of carbonyl (C=O) groups is 1. The van der Waals surface area contributed by atoms with Crippen LogP contribution in [0.2, 0.25) is 0 Å². The van der Waals surface area contributed by atoms with E-state index >= 15 is 0 Å². The Kier molecular flexibility index (Phi) is 5.79. The zero-order valence-electron chi connectivity index (χ0n) is 15.0. The molecule has 3 rings (SSSR count). The van der Waals surface area contributed by atoms with Crippen molar-refractivity contribution in [3.8, 4) is 11.5 Å². The molecule has 7 nitrogen and oxygen atoms in total. The first-order chi connectivity index (χ1) is 12.9. The second-order valence-electron chi connectivity index (χ2n) is 6.49. The van der Waals surface area contributed by atoms with Gasteiger partial charge in [0.15, 0.2) is 0 Å². The molecule has 0 radical (unpaired) electrons. The predicted octanol–water partition coefficient (Wildman–Crippen LogP) is 2.84. The first-order valence-electron chi connectivity index (χ1n) is 8.72. The molecule has 0 aromatic heterocycles. The molecule has 1 amide bonds. The van der Waals surface area contributed by atoms with Crippen LogP contribution in [0.1, 0.15) is 24.8 Å². The Labute approximate surface area is 158 Å². The van der Waals surface area contributed by atoms with Crippen LogP contribution < -0.4 is 10.2 Å². The van der Waals surface area contributed by atoms with Crippen molar-refractivity contribution in [3.63, 3.8) is 0 Å². The van der Waals surface area contributed by atoms with Crippen molar-refractivity contribution in [2.24, 2.45) is 0 Å². The lowest BCUT2D eigenvalue weighted by molar-refractivity contribution is -0.134. The van der Waals surface area contributed by atoms with Crippen molar-refractivity contribution in [2.45, 2.75) is 37.1 Å². The van der Waals surface area contributed by atoms with Crippen LogP contribution in [0.4, 0.5) is 0 Å². The zero-order chi connectivity index (χ0) is 19.4. The van der Waals surface area contributed by atoms with Crippen LogP contribution in [0.3, 0.4) is 0 Å². The summed E-state index contributed by atoms with van der Waals surface area (Å²) in [6, 6.07) is 12.7. The topological polar surface area (TPSA) is 95.9 Å². The van der Waals surface area contributed by atoms with Gasteiger partial charge in [0.05, 0.1) is 4.90 Å². The predicted molar refractivity (Wildman–Crippen MR) is 99.2 cm³/mol. The highest BCUT2D eigenvalue weighted by Gasteiger charge is 2.37. The third-order valence-electron chi connectivity index (χ3n) is 4.55. The number of amides is 1. The van der Waals surface area contributed by atoms with Crippen LogP contribution in [-0.4, -0.2) is 36.4 Å². The van der Waals surface area contributed by atoms with Crippen molar-refractivity contribution in [3.05, 3.63) is 54.1 Å². The number of carbonyl (C=O) groups excluding carboxylic acids is 1. The molecule has 144 valence electrons. The van der Waals surface area contributed by atoms with E-state index in [1.807, 2.05) is 31.2 Å². The summed E-state index contributed by atoms with van der Waals surface area (Å²) in [6.45, 7) is 2.22. The van der Waals surface area contributed by atoms with Crippen LogP contribution in [0.25, 0.3) is 0 Å². The van der Waals surface area contributed by atoms with Gasteiger partial charge in [0.2, 0.25) is 10.0 Å². The number of ether oxygens (including phenoxy) is 1. The van der Waals surface area contributed by atoms with E-state index in [1.165, 1.54) is 12.1 Å². The SMILES string of the molecule is Cc1ccc(Oc2ccc(S(=O)(=O)N3CCCC[C@@H]3C(=O)NO)cc2)cc1. The number of hydrogen-bond acceptors (Lipinski definition) is 5. The number of nitrogens with zero attached hydrogens (tertiary/aromatic N) is 1. The van der Waals surface area contributed by atoms with E-state index in [2.05, 4.69) is 0 Å². The summed E-state index contributed by atoms with van der Waals surface area (Å²) in [4.78, 5) is 11.9. The van der Waals surface area contributed by atoms with E-state index in [0.717, 1.165) is 16.3 Å². The number of hydrogen-bond donors (Lipinski definition) is 2. The molecule has 2 aromatic carbocycles. The third-order valence-corrected chi connectivity index (χ3v) is 6.48. The third kappa shape index (κ3) is 4.29. The van der Waals surface area contributed by atoms with Gasteiger partial charge in [-0.15, -0.1) is 0 Å². The molecular weight excluding hydrogens is 368 g/mol. The maximum Gasteiger partial charge on any atom is 0.261 e. The summed E-state index contributed by atoms with van der Waals surface area (Å²) in [5.74, 6) is 0.464. The molecule has 1 atom stereocenters. The summed E-state index contributed by atoms with van der Waals surface area (Å²) in [5, 5.41) is 8.90. The number of aryl methyl sites for hydroxylation is 1. The Hall–Kier alpha value is -2.42. The fourth-order valence-electron chi connectivity index (χ4n) is 3.09. The Balaban J connectivity index is 1.80. The molecule has 0 spiro atoms. The van der Waals surface area contributed by atoms with Gasteiger partial charge in [-0.25, -0.2) is 13.9 Å². The second-order valence-corrected chi connectivity index (χ2v) is 8.38. The monoisotopic (exact) mass is 390 g/mol. The summed E-state index contributed by atoms with van der Waals surface area (Å²) in [7, 11) is -3.86. The molecule has 1 saturated heterocycles. The number of rotatable bonds is 5. The van der Waals surface area contributed by atoms with E-state index in [1.54, 1.807) is 17.6 Å². The molecule has 0 unspecified atom stereocenters. The molecule has 0 aliphatic carbocycles. The average Bonchev–Trinajstić information content (AvgIpc) is 2.69. The standard InChI is InChI=1S/C19H22N2O5S/c1-14-5-7-15(8-6-14)26-16-9-11-17(12-10-16)27(24,25)21-13-3-2-4-18(21)19(22)20-23/h5-12,18,23H,2-4,13H2,1H3,(H,20,22)/t18-/m1/s1. The highest BCUT2D eigenvalue weighted by atomic mass is 32.2. The second kappa shape index (κ2) is 8.08. The van der Waals surface area contributed by atoms with Gasteiger partial charge in [0, 0.05) is 6.54 Å². The summed E-state index contributed by atoms with van der Waals surface area (Å²) >= 11 is 0. The molecule has 1 fully saturated rings. The van der Waals surface area contributed by atoms with Crippen molar-refractivity contribution >= 4 is 15.9 Å². The van der Waals surface area contributed by atoms with E-state index in [9.17, 15) is 13.2 Å². The lowest BCUT2D eigenvalue weighted by Gasteiger charge is -2.33. The Morgan fingerprint density at radius 3 is 2.26 bits per heavy atom. The fraction of sp³-hybridized carbons (Fsp3) is 0.316. The van der Waals surface area contributed by atoms with Gasteiger partial charge in [-0.05, 0) is 56.2 Å². The van der Waals surface area contributed by atoms with E-state index < -0.39 is 22.0 Å². The molecule has 1 heterocycles. The normalized spacial score (nSPS) is 18.1. The van der Waals surface area contributed by atoms with Gasteiger partial charge >= 0.3 is 0 Å². The maximum atomic E-state index is 12.9. The summed E-state index contributed by atoms with van der Waals surface area (Å²) in [6.07, 6.45) is 1.77. The van der Waals surface area contributed by atoms with E-state index in [4.69, 9.17) is 9.94 Å². The number of hydroxylamine groups is 1. The first kappa shape index (κ1) is 19.3. The van der Waals surface area contributed by atoms with Crippen LogP contribution in [-0.2, 0) is 14.8 Å². The quantitative estimate of drug-likeness (QED) is 0.605. The van der Waals surface area contributed by atoms with Crippen LogP contribution in [0.5, 0.6) is 11.5 Å². The maximum absolute atomic E-state index is 12.9. The molecule has 27 heavy (non-hydrogen) atoms. The lowest BCUT2D eigenvalue weighted by Crippen LogP contribution is -2.51. The molecule has 2 N–H and O–H groups in total. The molecule has 1 aliphatic rings. The molecule has 0 bridgehead atoms. The van der Waals surface area contributed by atoms with Crippen LogP contribution in [0.15, 0.2) is 53.4 Å². The minimum Gasteiger partial charge on any atom is -0.457 e. The van der Waals surface area contributed by atoms with Gasteiger partial charge in [0.1, 0.15) is 17.5 Å². The largest absolute Gasteiger partial charge is 0.457 e. The molecule has 0 saturated carbocycles. The van der Waals surface area contributed by atoms with Crippen LogP contribution >= 0.6 is 0 Å². The molecule has 2 aromatic rings. The van der Waals surface area contributed by atoms with Gasteiger partial charge in [-0.3, -0.25) is 10.0 Å². The molecule has 8 heteroatoms. The van der Waals surface area contributed by atoms with E-state index in [-0.39, 0.29) is 11.4 Å². The van der Waals surface area contributed by atoms with Crippen molar-refractivity contribution in [2.75, 3.05) is 6.54 Å². The Morgan fingerprint density at radius 2 is 1.67 bits per heavy atom. The minimum atomic E-state index is -3.86. The number of nitrogens with one attached hydrogen (secondary N) is 1. The smallest absolute Gasteiger partial charge is 0.261 e. The number of sulfonamides is 1. The summed E-state index contributed by atoms with van der Waals surface area (Å²) in [5.41, 5.74) is 2.68. The Bertz CT molecular complexity index is 895. The highest BCUT2D eigenvalue weighted by Crippen LogP contribution is 2.28. The fourth-order valence-corrected chi connectivity index (χ4v) is 4.74. The van der Waals surface area contributed by atoms with Gasteiger partial charge in [0.25, 0.3) is 5.91 Å². The van der Waals surface area contributed by atoms with Gasteiger partial charge in [-0.2, -0.15) is 4.31 Å². The average molecular weight is 390 g/mol. The van der Waals surface area contributed by atoms with Crippen molar-refractivity contribution in [1.29, 1.82) is 0 Å². The summed E-state index contributed by atoms with van der Waals surface area (Å²) < 4.78 is 32.8. The molecule has 1 aliphatic heterocycles. The van der Waals surface area contributed by atoms with Gasteiger partial charge < -0.3 is 4.74 Å². The number of piperidine rings is 1. The minimum absolute atomic E-state index is 0.0800. The molecular formula is C19H22N2O5S. The zero-order valence-corrected chi connectivity index (χ0v) is 15.8. The highest BCUT2D eigenvalue weighted by molar-refractivity contribution is 7.89. The number of benzene rings is 2. The first-order valence-corrected chi connectivity index (χ1v) is 10.2. The van der Waals surface area contributed by atoms with Crippen molar-refractivity contribution in [1.82, 2.24) is 9.79 Å². The van der Waals surface area contributed by atoms with Crippen molar-refractivity contribution < 1.29 is 23.2 Å². The van der Waals surface area contributed by atoms with Gasteiger partial charge in [-0.1, -0.05) is 24.1 Å².